The predicted molar refractivity (Wildman–Crippen MR) is 61.8 cm³/mol. The number of rotatable bonds is 2. The molecular weight excluding hydrogens is 214 g/mol. The molecule has 0 saturated heterocycles. The fourth-order valence-corrected chi connectivity index (χ4v) is 1.63. The minimum absolute atomic E-state index is 0.111. The number of nitrogens with zero attached hydrogens (tertiary/aromatic N) is 1. The van der Waals surface area contributed by atoms with Crippen molar-refractivity contribution in [2.45, 2.75) is 26.8 Å². The third-order valence-electron chi connectivity index (χ3n) is 2.22. The van der Waals surface area contributed by atoms with Crippen LogP contribution in [0.4, 0.5) is 10.5 Å². The summed E-state index contributed by atoms with van der Waals surface area (Å²) in [5.74, 6) is 0. The van der Waals surface area contributed by atoms with Gasteiger partial charge in [0.2, 0.25) is 0 Å². The largest absolute Gasteiger partial charge is 0.465 e. The third-order valence-corrected chi connectivity index (χ3v) is 2.63. The monoisotopic (exact) mass is 227 g/mol. The van der Waals surface area contributed by atoms with Crippen LogP contribution >= 0.6 is 11.6 Å². The van der Waals surface area contributed by atoms with E-state index in [4.69, 9.17) is 16.7 Å². The summed E-state index contributed by atoms with van der Waals surface area (Å²) < 4.78 is 0. The Kier molecular flexibility index (Phi) is 3.58. The van der Waals surface area contributed by atoms with Crippen molar-refractivity contribution in [3.05, 3.63) is 28.8 Å². The lowest BCUT2D eigenvalue weighted by molar-refractivity contribution is 0.200. The molecule has 0 aliphatic rings. The van der Waals surface area contributed by atoms with Gasteiger partial charge in [-0.2, -0.15) is 0 Å². The summed E-state index contributed by atoms with van der Waals surface area (Å²) in [6.45, 7) is 5.47. The first-order chi connectivity index (χ1) is 6.95. The number of carboxylic acid groups (broad SMARTS) is 1. The molecule has 3 nitrogen and oxygen atoms in total. The molecule has 0 spiro atoms. The first-order valence-electron chi connectivity index (χ1n) is 4.72. The molecule has 1 amide bonds. The van der Waals surface area contributed by atoms with Crippen molar-refractivity contribution in [3.8, 4) is 0 Å². The summed E-state index contributed by atoms with van der Waals surface area (Å²) in [6, 6.07) is 5.15. The average Bonchev–Trinajstić information content (AvgIpc) is 2.11. The summed E-state index contributed by atoms with van der Waals surface area (Å²) in [7, 11) is 0. The highest BCUT2D eigenvalue weighted by Crippen LogP contribution is 2.27. The normalized spacial score (nSPS) is 10.5. The van der Waals surface area contributed by atoms with E-state index in [1.807, 2.05) is 20.8 Å². The smallest absolute Gasteiger partial charge is 0.412 e. The van der Waals surface area contributed by atoms with Gasteiger partial charge in [0.1, 0.15) is 0 Å². The van der Waals surface area contributed by atoms with Gasteiger partial charge in [-0.1, -0.05) is 17.7 Å². The Balaban J connectivity index is 3.23. The molecule has 1 aromatic carbocycles. The summed E-state index contributed by atoms with van der Waals surface area (Å²) in [6.07, 6.45) is -0.963. The number of hydrogen-bond donors (Lipinski definition) is 1. The Morgan fingerprint density at radius 1 is 1.47 bits per heavy atom. The lowest BCUT2D eigenvalue weighted by Crippen LogP contribution is -2.36. The van der Waals surface area contributed by atoms with Crippen molar-refractivity contribution >= 4 is 23.4 Å². The molecule has 1 rings (SSSR count). The quantitative estimate of drug-likeness (QED) is 0.840. The maximum Gasteiger partial charge on any atom is 0.412 e. The minimum atomic E-state index is -0.963. The van der Waals surface area contributed by atoms with Crippen LogP contribution in [0, 0.1) is 6.92 Å². The van der Waals surface area contributed by atoms with Gasteiger partial charge in [-0.25, -0.2) is 4.79 Å². The van der Waals surface area contributed by atoms with E-state index in [0.29, 0.717) is 10.7 Å². The second-order valence-corrected chi connectivity index (χ2v) is 4.04. The SMILES string of the molecule is Cc1c(Cl)cccc1N(C(=O)O)C(C)C. The molecule has 0 aromatic heterocycles. The Bertz CT molecular complexity index is 377. The van der Waals surface area contributed by atoms with Crippen LogP contribution in [0.25, 0.3) is 0 Å². The second kappa shape index (κ2) is 4.53. The highest BCUT2D eigenvalue weighted by atomic mass is 35.5. The molecule has 82 valence electrons. The Morgan fingerprint density at radius 2 is 2.07 bits per heavy atom. The number of amides is 1. The highest BCUT2D eigenvalue weighted by Gasteiger charge is 2.20. The summed E-state index contributed by atoms with van der Waals surface area (Å²) >= 11 is 5.95. The molecule has 0 fully saturated rings. The summed E-state index contributed by atoms with van der Waals surface area (Å²) in [5.41, 5.74) is 1.43. The van der Waals surface area contributed by atoms with Crippen molar-refractivity contribution in [3.63, 3.8) is 0 Å². The highest BCUT2D eigenvalue weighted by molar-refractivity contribution is 6.31. The zero-order valence-electron chi connectivity index (χ0n) is 8.99. The minimum Gasteiger partial charge on any atom is -0.465 e. The van der Waals surface area contributed by atoms with Crippen molar-refractivity contribution in [2.24, 2.45) is 0 Å². The van der Waals surface area contributed by atoms with E-state index >= 15 is 0 Å². The predicted octanol–water partition coefficient (Wildman–Crippen LogP) is 3.54. The van der Waals surface area contributed by atoms with Crippen LogP contribution in [0.2, 0.25) is 5.02 Å². The Hall–Kier alpha value is -1.22. The van der Waals surface area contributed by atoms with Gasteiger partial charge in [-0.15, -0.1) is 0 Å². The molecule has 4 heteroatoms. The van der Waals surface area contributed by atoms with Crippen LogP contribution in [0.5, 0.6) is 0 Å². The van der Waals surface area contributed by atoms with E-state index in [9.17, 15) is 4.79 Å². The Labute approximate surface area is 94.3 Å². The lowest BCUT2D eigenvalue weighted by Gasteiger charge is -2.25. The maximum atomic E-state index is 11.1. The summed E-state index contributed by atoms with van der Waals surface area (Å²) in [4.78, 5) is 12.4. The van der Waals surface area contributed by atoms with Crippen LogP contribution in [0.3, 0.4) is 0 Å². The van der Waals surface area contributed by atoms with Gasteiger partial charge in [0.25, 0.3) is 0 Å². The molecule has 15 heavy (non-hydrogen) atoms. The molecule has 1 aromatic rings. The van der Waals surface area contributed by atoms with Crippen molar-refractivity contribution in [1.82, 2.24) is 0 Å². The molecule has 1 N–H and O–H groups in total. The van der Waals surface area contributed by atoms with Gasteiger partial charge < -0.3 is 5.11 Å². The third kappa shape index (κ3) is 2.42. The molecule has 0 aliphatic heterocycles. The fourth-order valence-electron chi connectivity index (χ4n) is 1.46. The molecule has 0 unspecified atom stereocenters. The van der Waals surface area contributed by atoms with Gasteiger partial charge in [0.05, 0.1) is 5.69 Å². The molecular formula is C11H14ClNO2. The van der Waals surface area contributed by atoms with Gasteiger partial charge >= 0.3 is 6.09 Å². The zero-order chi connectivity index (χ0) is 11.6. The number of halogens is 1. The maximum absolute atomic E-state index is 11.1. The van der Waals surface area contributed by atoms with Gasteiger partial charge in [-0.3, -0.25) is 4.90 Å². The fraction of sp³-hybridized carbons (Fsp3) is 0.364. The van der Waals surface area contributed by atoms with Crippen LogP contribution in [0.15, 0.2) is 18.2 Å². The Morgan fingerprint density at radius 3 is 2.53 bits per heavy atom. The van der Waals surface area contributed by atoms with Crippen molar-refractivity contribution < 1.29 is 9.90 Å². The number of carbonyl (C=O) groups is 1. The average molecular weight is 228 g/mol. The van der Waals surface area contributed by atoms with E-state index in [1.54, 1.807) is 18.2 Å². The van der Waals surface area contributed by atoms with Crippen LogP contribution in [-0.4, -0.2) is 17.2 Å². The van der Waals surface area contributed by atoms with E-state index in [2.05, 4.69) is 0 Å². The topological polar surface area (TPSA) is 40.5 Å². The molecule has 0 aliphatic carbocycles. The molecule has 0 heterocycles. The molecule has 0 saturated carbocycles. The van der Waals surface area contributed by atoms with Crippen molar-refractivity contribution in [2.75, 3.05) is 4.90 Å². The van der Waals surface area contributed by atoms with E-state index in [0.717, 1.165) is 5.56 Å². The summed E-state index contributed by atoms with van der Waals surface area (Å²) in [5, 5.41) is 9.68. The van der Waals surface area contributed by atoms with Crippen molar-refractivity contribution in [1.29, 1.82) is 0 Å². The number of hydrogen-bond acceptors (Lipinski definition) is 1. The molecule has 0 bridgehead atoms. The van der Waals surface area contributed by atoms with E-state index in [-0.39, 0.29) is 6.04 Å². The van der Waals surface area contributed by atoms with Gasteiger partial charge in [0.15, 0.2) is 0 Å². The van der Waals surface area contributed by atoms with Crippen LogP contribution < -0.4 is 4.90 Å². The molecule has 0 radical (unpaired) electrons. The van der Waals surface area contributed by atoms with Gasteiger partial charge in [-0.05, 0) is 38.5 Å². The lowest BCUT2D eigenvalue weighted by atomic mass is 10.1. The number of anilines is 1. The first-order valence-corrected chi connectivity index (χ1v) is 5.10. The van der Waals surface area contributed by atoms with E-state index < -0.39 is 6.09 Å². The van der Waals surface area contributed by atoms with E-state index in [1.165, 1.54) is 4.90 Å². The number of benzene rings is 1. The standard InChI is InChI=1S/C11H14ClNO2/c1-7(2)13(11(14)15)10-6-4-5-9(12)8(10)3/h4-7H,1-3H3,(H,14,15). The first kappa shape index (κ1) is 11.9. The van der Waals surface area contributed by atoms with Crippen LogP contribution in [-0.2, 0) is 0 Å². The molecule has 0 atom stereocenters. The second-order valence-electron chi connectivity index (χ2n) is 3.63. The van der Waals surface area contributed by atoms with Crippen LogP contribution in [0.1, 0.15) is 19.4 Å². The van der Waals surface area contributed by atoms with Gasteiger partial charge in [0, 0.05) is 11.1 Å². The zero-order valence-corrected chi connectivity index (χ0v) is 9.75.